The van der Waals surface area contributed by atoms with Gasteiger partial charge in [-0.05, 0) is 24.3 Å². The van der Waals surface area contributed by atoms with Gasteiger partial charge in [-0.15, -0.1) is 0 Å². The monoisotopic (exact) mass is 531 g/mol. The molecule has 0 aliphatic heterocycles. The van der Waals surface area contributed by atoms with Crippen LogP contribution in [0, 0.1) is 10.1 Å². The molecule has 0 fully saturated rings. The third-order valence-electron chi connectivity index (χ3n) is 3.55. The second-order valence-corrected chi connectivity index (χ2v) is 7.25. The average molecular weight is 533 g/mol. The zero-order chi connectivity index (χ0) is 24.4. The molecule has 0 unspecified atom stereocenters. The lowest BCUT2D eigenvalue weighted by Crippen LogP contribution is -2.08. The first-order chi connectivity index (χ1) is 14.7. The van der Waals surface area contributed by atoms with Crippen molar-refractivity contribution in [3.63, 3.8) is 0 Å². The number of carboxylic acid groups (broad SMARTS) is 1. The van der Waals surface area contributed by atoms with Gasteiger partial charge >= 0.3 is 17.8 Å². The summed E-state index contributed by atoms with van der Waals surface area (Å²) in [6.45, 7) is 0. The Labute approximate surface area is 196 Å². The maximum Gasteiger partial charge on any atom is 0.416 e. The molecule has 0 amide bonds. The first-order valence-electron chi connectivity index (χ1n) is 7.83. The summed E-state index contributed by atoms with van der Waals surface area (Å²) in [7, 11) is 0. The molecule has 0 saturated heterocycles. The standard InChI is InChI=1S/C10H5Cl2F3N4O2.C6H3Cl2NO2/c11-5-1-4(10(13,14)15)2-6(12)8(5)18-9(16)7(3-17-18)19(20)21;7-3-1-2-4(8)9-5(3)6(10)11/h1-3H,16H2;1-2H,(H,10,11). The maximum atomic E-state index is 12.6. The van der Waals surface area contributed by atoms with Gasteiger partial charge in [0.2, 0.25) is 5.82 Å². The number of carboxylic acids is 1. The molecule has 0 atom stereocenters. The number of nitrogens with two attached hydrogens (primary N) is 1. The van der Waals surface area contributed by atoms with Crippen molar-refractivity contribution in [3.05, 3.63) is 72.1 Å². The van der Waals surface area contributed by atoms with E-state index in [9.17, 15) is 28.1 Å². The van der Waals surface area contributed by atoms with E-state index in [0.29, 0.717) is 12.1 Å². The summed E-state index contributed by atoms with van der Waals surface area (Å²) in [6.07, 6.45) is -3.78. The topological polar surface area (TPSA) is 137 Å². The number of nitrogens with zero attached hydrogens (tertiary/aromatic N) is 4. The van der Waals surface area contributed by atoms with Crippen LogP contribution < -0.4 is 5.73 Å². The van der Waals surface area contributed by atoms with Crippen LogP contribution in [0.3, 0.4) is 0 Å². The fourth-order valence-corrected chi connectivity index (χ4v) is 3.15. The van der Waals surface area contributed by atoms with Crippen LogP contribution in [0.25, 0.3) is 5.69 Å². The molecule has 0 aliphatic rings. The minimum Gasteiger partial charge on any atom is -0.476 e. The Balaban J connectivity index is 0.000000278. The van der Waals surface area contributed by atoms with E-state index in [1.165, 1.54) is 12.1 Å². The molecule has 3 rings (SSSR count). The molecule has 9 nitrogen and oxygen atoms in total. The minimum absolute atomic E-state index is 0.0851. The van der Waals surface area contributed by atoms with Gasteiger partial charge < -0.3 is 10.8 Å². The third-order valence-corrected chi connectivity index (χ3v) is 4.65. The number of benzene rings is 1. The van der Waals surface area contributed by atoms with Gasteiger partial charge in [0.1, 0.15) is 17.0 Å². The van der Waals surface area contributed by atoms with Gasteiger partial charge in [0.25, 0.3) is 0 Å². The van der Waals surface area contributed by atoms with Gasteiger partial charge in [0.15, 0.2) is 5.69 Å². The highest BCUT2D eigenvalue weighted by Gasteiger charge is 2.33. The van der Waals surface area contributed by atoms with Crippen LogP contribution in [0.5, 0.6) is 0 Å². The largest absolute Gasteiger partial charge is 0.476 e. The zero-order valence-electron chi connectivity index (χ0n) is 15.1. The lowest BCUT2D eigenvalue weighted by Gasteiger charge is -2.12. The zero-order valence-corrected chi connectivity index (χ0v) is 18.1. The number of hydrogen-bond donors (Lipinski definition) is 2. The smallest absolute Gasteiger partial charge is 0.416 e. The van der Waals surface area contributed by atoms with Crippen LogP contribution in [-0.2, 0) is 6.18 Å². The number of hydrogen-bond acceptors (Lipinski definition) is 6. The minimum atomic E-state index is -4.63. The Bertz CT molecular complexity index is 1180. The first-order valence-corrected chi connectivity index (χ1v) is 9.35. The predicted octanol–water partition coefficient (Wildman–Crippen LogP) is 5.77. The highest BCUT2D eigenvalue weighted by atomic mass is 35.5. The number of pyridine rings is 1. The molecule has 3 aromatic rings. The molecule has 170 valence electrons. The molecule has 0 bridgehead atoms. The number of nitrogen functional groups attached to an aromatic ring is 1. The van der Waals surface area contributed by atoms with Crippen molar-refractivity contribution in [1.82, 2.24) is 14.8 Å². The van der Waals surface area contributed by atoms with E-state index in [1.54, 1.807) is 0 Å². The summed E-state index contributed by atoms with van der Waals surface area (Å²) < 4.78 is 38.7. The summed E-state index contributed by atoms with van der Waals surface area (Å²) >= 11 is 22.4. The highest BCUT2D eigenvalue weighted by molar-refractivity contribution is 6.38. The molecular formula is C16H8Cl4F3N5O4. The van der Waals surface area contributed by atoms with Crippen LogP contribution in [0.2, 0.25) is 20.2 Å². The van der Waals surface area contributed by atoms with Crippen molar-refractivity contribution in [1.29, 1.82) is 0 Å². The van der Waals surface area contributed by atoms with Gasteiger partial charge in [-0.1, -0.05) is 46.4 Å². The molecule has 16 heteroatoms. The van der Waals surface area contributed by atoms with E-state index in [1.807, 2.05) is 0 Å². The van der Waals surface area contributed by atoms with Gasteiger partial charge in [0, 0.05) is 0 Å². The van der Waals surface area contributed by atoms with Gasteiger partial charge in [-0.2, -0.15) is 18.3 Å². The number of anilines is 1. The van der Waals surface area contributed by atoms with Crippen LogP contribution in [0.15, 0.2) is 30.5 Å². The van der Waals surface area contributed by atoms with E-state index >= 15 is 0 Å². The van der Waals surface area contributed by atoms with Crippen LogP contribution >= 0.6 is 46.4 Å². The Hall–Kier alpha value is -2.80. The molecule has 2 heterocycles. The Morgan fingerprint density at radius 1 is 1.12 bits per heavy atom. The number of carbonyl (C=O) groups is 1. The fourth-order valence-electron chi connectivity index (χ4n) is 2.17. The highest BCUT2D eigenvalue weighted by Crippen LogP contribution is 2.38. The van der Waals surface area contributed by atoms with E-state index in [4.69, 9.17) is 57.2 Å². The molecule has 2 aromatic heterocycles. The van der Waals surface area contributed by atoms with Gasteiger partial charge in [0.05, 0.1) is 25.6 Å². The van der Waals surface area contributed by atoms with Crippen molar-refractivity contribution in [2.24, 2.45) is 0 Å². The SMILES string of the molecule is Nc1c([N+](=O)[O-])cnn1-c1c(Cl)cc(C(F)(F)F)cc1Cl.O=C(O)c1nc(Cl)ccc1Cl. The molecule has 0 saturated carbocycles. The Kier molecular flexibility index (Phi) is 7.78. The fraction of sp³-hybridized carbons (Fsp3) is 0.0625. The third kappa shape index (κ3) is 5.71. The molecule has 0 aliphatic carbocycles. The second-order valence-electron chi connectivity index (χ2n) is 5.64. The quantitative estimate of drug-likeness (QED) is 0.248. The summed E-state index contributed by atoms with van der Waals surface area (Å²) in [6, 6.07) is 4.09. The lowest BCUT2D eigenvalue weighted by molar-refractivity contribution is -0.383. The Morgan fingerprint density at radius 3 is 2.09 bits per heavy atom. The number of aromatic nitrogens is 3. The van der Waals surface area contributed by atoms with Crippen molar-refractivity contribution in [3.8, 4) is 5.69 Å². The molecule has 1 aromatic carbocycles. The summed E-state index contributed by atoms with van der Waals surface area (Å²) in [4.78, 5) is 23.8. The van der Waals surface area contributed by atoms with Crippen molar-refractivity contribution in [2.45, 2.75) is 6.18 Å². The predicted molar refractivity (Wildman–Crippen MR) is 111 cm³/mol. The number of halogens is 7. The Morgan fingerprint density at radius 2 is 1.69 bits per heavy atom. The average Bonchev–Trinajstić information content (AvgIpc) is 3.04. The summed E-state index contributed by atoms with van der Waals surface area (Å²) in [5, 5.41) is 22.2. The molecule has 0 spiro atoms. The van der Waals surface area contributed by atoms with Crippen LogP contribution in [0.1, 0.15) is 16.1 Å². The van der Waals surface area contributed by atoms with E-state index in [0.717, 1.165) is 10.9 Å². The molecule has 3 N–H and O–H groups in total. The molecule has 0 radical (unpaired) electrons. The van der Waals surface area contributed by atoms with E-state index < -0.39 is 34.1 Å². The van der Waals surface area contributed by atoms with E-state index in [2.05, 4.69) is 10.1 Å². The second kappa shape index (κ2) is 9.77. The summed E-state index contributed by atoms with van der Waals surface area (Å²) in [5.74, 6) is -1.58. The normalized spacial score (nSPS) is 11.0. The van der Waals surface area contributed by atoms with Gasteiger partial charge in [-0.25, -0.2) is 14.5 Å². The van der Waals surface area contributed by atoms with Crippen LogP contribution in [-0.4, -0.2) is 30.8 Å². The summed E-state index contributed by atoms with van der Waals surface area (Å²) in [5.41, 5.74) is 3.56. The van der Waals surface area contributed by atoms with Crippen molar-refractivity contribution in [2.75, 3.05) is 5.73 Å². The number of nitro groups is 1. The molecular weight excluding hydrogens is 525 g/mol. The number of rotatable bonds is 3. The first kappa shape index (κ1) is 25.5. The lowest BCUT2D eigenvalue weighted by atomic mass is 10.2. The maximum absolute atomic E-state index is 12.6. The van der Waals surface area contributed by atoms with E-state index in [-0.39, 0.29) is 31.6 Å². The number of alkyl halides is 3. The van der Waals surface area contributed by atoms with Crippen molar-refractivity contribution < 1.29 is 28.0 Å². The number of aromatic carboxylic acids is 1. The van der Waals surface area contributed by atoms with Crippen LogP contribution in [0.4, 0.5) is 24.7 Å². The van der Waals surface area contributed by atoms with Gasteiger partial charge in [-0.3, -0.25) is 10.1 Å². The van der Waals surface area contributed by atoms with Crippen molar-refractivity contribution >= 4 is 63.9 Å². The molecule has 32 heavy (non-hydrogen) atoms.